The van der Waals surface area contributed by atoms with Gasteiger partial charge in [-0.2, -0.15) is 0 Å². The molecule has 0 saturated carbocycles. The standard InChI is InChI=1S/C26H24N2O4/c1-16-7-9-17(10-8-16)14-28-15-18(11-25(28)29)26(30)27-21-13-23-20(12-24(21)31-2)19-5-3-4-6-22(19)32-23/h3-10,12-13,18H,11,14-15H2,1-2H3,(H,27,30). The second-order valence-electron chi connectivity index (χ2n) is 8.30. The smallest absolute Gasteiger partial charge is 0.229 e. The Morgan fingerprint density at radius 1 is 1.09 bits per heavy atom. The van der Waals surface area contributed by atoms with E-state index in [1.165, 1.54) is 5.56 Å². The fourth-order valence-corrected chi connectivity index (χ4v) is 4.27. The van der Waals surface area contributed by atoms with Gasteiger partial charge in [0.1, 0.15) is 16.9 Å². The zero-order valence-electron chi connectivity index (χ0n) is 18.1. The first kappa shape index (κ1) is 20.1. The van der Waals surface area contributed by atoms with E-state index >= 15 is 0 Å². The van der Waals surface area contributed by atoms with Gasteiger partial charge in [-0.1, -0.05) is 48.0 Å². The number of ether oxygens (including phenoxy) is 1. The number of benzene rings is 3. The van der Waals surface area contributed by atoms with Crippen LogP contribution in [0, 0.1) is 12.8 Å². The van der Waals surface area contributed by atoms with Crippen LogP contribution in [0.15, 0.2) is 65.1 Å². The highest BCUT2D eigenvalue weighted by molar-refractivity contribution is 6.08. The van der Waals surface area contributed by atoms with Gasteiger partial charge in [0.15, 0.2) is 0 Å². The van der Waals surface area contributed by atoms with E-state index in [4.69, 9.17) is 9.15 Å². The third-order valence-electron chi connectivity index (χ3n) is 6.04. The summed E-state index contributed by atoms with van der Waals surface area (Å²) in [6, 6.07) is 19.5. The Kier molecular flexibility index (Phi) is 5.05. The maximum atomic E-state index is 13.0. The molecule has 1 aromatic heterocycles. The Hall–Kier alpha value is -3.80. The molecule has 0 spiro atoms. The zero-order chi connectivity index (χ0) is 22.2. The first-order valence-corrected chi connectivity index (χ1v) is 10.7. The number of furan rings is 1. The van der Waals surface area contributed by atoms with Crippen molar-refractivity contribution in [3.05, 3.63) is 71.8 Å². The summed E-state index contributed by atoms with van der Waals surface area (Å²) < 4.78 is 11.5. The molecule has 0 bridgehead atoms. The van der Waals surface area contributed by atoms with Crippen molar-refractivity contribution < 1.29 is 18.7 Å². The molecular formula is C26H24N2O4. The van der Waals surface area contributed by atoms with Crippen molar-refractivity contribution in [2.45, 2.75) is 19.9 Å². The van der Waals surface area contributed by atoms with Crippen LogP contribution >= 0.6 is 0 Å². The molecule has 32 heavy (non-hydrogen) atoms. The highest BCUT2D eigenvalue weighted by Crippen LogP contribution is 2.36. The second kappa shape index (κ2) is 8.04. The Morgan fingerprint density at radius 2 is 1.88 bits per heavy atom. The maximum Gasteiger partial charge on any atom is 0.229 e. The van der Waals surface area contributed by atoms with Crippen molar-refractivity contribution in [2.24, 2.45) is 5.92 Å². The minimum absolute atomic E-state index is 0.00886. The number of fused-ring (bicyclic) bond motifs is 3. The monoisotopic (exact) mass is 428 g/mol. The minimum Gasteiger partial charge on any atom is -0.495 e. The molecule has 1 N–H and O–H groups in total. The van der Waals surface area contributed by atoms with Crippen LogP contribution in [0.1, 0.15) is 17.5 Å². The maximum absolute atomic E-state index is 13.0. The van der Waals surface area contributed by atoms with E-state index in [0.29, 0.717) is 30.1 Å². The number of aryl methyl sites for hydroxylation is 1. The van der Waals surface area contributed by atoms with Gasteiger partial charge in [0.05, 0.1) is 18.7 Å². The van der Waals surface area contributed by atoms with Crippen LogP contribution in [-0.2, 0) is 16.1 Å². The molecule has 2 heterocycles. The Labute approximate surface area is 185 Å². The summed E-state index contributed by atoms with van der Waals surface area (Å²) in [6.07, 6.45) is 0.201. The lowest BCUT2D eigenvalue weighted by Gasteiger charge is -2.17. The predicted molar refractivity (Wildman–Crippen MR) is 124 cm³/mol. The molecule has 1 aliphatic heterocycles. The number of carbonyl (C=O) groups is 2. The minimum atomic E-state index is -0.413. The molecule has 6 heteroatoms. The molecule has 162 valence electrons. The van der Waals surface area contributed by atoms with E-state index in [2.05, 4.69) is 5.32 Å². The van der Waals surface area contributed by atoms with Gasteiger partial charge >= 0.3 is 0 Å². The molecule has 1 saturated heterocycles. The average Bonchev–Trinajstić information content (AvgIpc) is 3.34. The lowest BCUT2D eigenvalue weighted by molar-refractivity contribution is -0.128. The summed E-state index contributed by atoms with van der Waals surface area (Å²) in [4.78, 5) is 27.3. The number of likely N-dealkylation sites (tertiary alicyclic amines) is 1. The van der Waals surface area contributed by atoms with E-state index in [1.54, 1.807) is 18.1 Å². The summed E-state index contributed by atoms with van der Waals surface area (Å²) in [6.45, 7) is 2.94. The Morgan fingerprint density at radius 3 is 2.66 bits per heavy atom. The van der Waals surface area contributed by atoms with Crippen LogP contribution in [0.25, 0.3) is 21.9 Å². The molecule has 2 amide bonds. The Balaban J connectivity index is 1.34. The molecule has 6 nitrogen and oxygen atoms in total. The summed E-state index contributed by atoms with van der Waals surface area (Å²) in [7, 11) is 1.57. The van der Waals surface area contributed by atoms with Gasteiger partial charge in [-0.05, 0) is 24.6 Å². The van der Waals surface area contributed by atoms with E-state index in [1.807, 2.05) is 61.5 Å². The number of hydrogen-bond donors (Lipinski definition) is 1. The topological polar surface area (TPSA) is 71.8 Å². The average molecular weight is 428 g/mol. The molecule has 1 fully saturated rings. The van der Waals surface area contributed by atoms with Crippen LogP contribution in [0.3, 0.4) is 0 Å². The van der Waals surface area contributed by atoms with E-state index < -0.39 is 5.92 Å². The van der Waals surface area contributed by atoms with Gasteiger partial charge in [-0.3, -0.25) is 9.59 Å². The largest absolute Gasteiger partial charge is 0.495 e. The van der Waals surface area contributed by atoms with Gasteiger partial charge in [0, 0.05) is 36.3 Å². The predicted octanol–water partition coefficient (Wildman–Crippen LogP) is 4.89. The van der Waals surface area contributed by atoms with Crippen molar-refractivity contribution in [1.82, 2.24) is 4.90 Å². The van der Waals surface area contributed by atoms with Gasteiger partial charge in [-0.15, -0.1) is 0 Å². The fraction of sp³-hybridized carbons (Fsp3) is 0.231. The SMILES string of the molecule is COc1cc2c(cc1NC(=O)C1CC(=O)N(Cc3ccc(C)cc3)C1)oc1ccccc12. The first-order valence-electron chi connectivity index (χ1n) is 10.7. The normalized spacial score (nSPS) is 16.1. The van der Waals surface area contributed by atoms with Gasteiger partial charge < -0.3 is 19.4 Å². The van der Waals surface area contributed by atoms with Crippen molar-refractivity contribution in [2.75, 3.05) is 19.0 Å². The third kappa shape index (κ3) is 3.68. The highest BCUT2D eigenvalue weighted by Gasteiger charge is 2.34. The number of methoxy groups -OCH3 is 1. The molecule has 0 radical (unpaired) electrons. The number of nitrogens with zero attached hydrogens (tertiary/aromatic N) is 1. The number of rotatable bonds is 5. The van der Waals surface area contributed by atoms with Crippen molar-refractivity contribution in [1.29, 1.82) is 0 Å². The van der Waals surface area contributed by atoms with Gasteiger partial charge in [0.25, 0.3) is 0 Å². The summed E-state index contributed by atoms with van der Waals surface area (Å²) in [5.41, 5.74) is 4.22. The molecule has 5 rings (SSSR count). The fourth-order valence-electron chi connectivity index (χ4n) is 4.27. The molecule has 4 aromatic rings. The summed E-state index contributed by atoms with van der Waals surface area (Å²) >= 11 is 0. The quantitative estimate of drug-likeness (QED) is 0.491. The molecule has 1 aliphatic rings. The van der Waals surface area contributed by atoms with E-state index in [-0.39, 0.29) is 18.2 Å². The lowest BCUT2D eigenvalue weighted by atomic mass is 10.1. The van der Waals surface area contributed by atoms with Crippen molar-refractivity contribution in [3.8, 4) is 5.75 Å². The molecule has 0 aliphatic carbocycles. The number of para-hydroxylation sites is 1. The third-order valence-corrected chi connectivity index (χ3v) is 6.04. The van der Waals surface area contributed by atoms with Gasteiger partial charge in [0.2, 0.25) is 11.8 Å². The number of anilines is 1. The molecular weight excluding hydrogens is 404 g/mol. The summed E-state index contributed by atoms with van der Waals surface area (Å²) in [5, 5.41) is 4.87. The van der Waals surface area contributed by atoms with E-state index in [9.17, 15) is 9.59 Å². The number of nitrogens with one attached hydrogen (secondary N) is 1. The van der Waals surface area contributed by atoms with Crippen LogP contribution in [0.4, 0.5) is 5.69 Å². The van der Waals surface area contributed by atoms with E-state index in [0.717, 1.165) is 21.9 Å². The number of carbonyl (C=O) groups excluding carboxylic acids is 2. The second-order valence-corrected chi connectivity index (χ2v) is 8.30. The van der Waals surface area contributed by atoms with Crippen molar-refractivity contribution >= 4 is 39.4 Å². The van der Waals surface area contributed by atoms with Crippen LogP contribution in [0.2, 0.25) is 0 Å². The molecule has 3 aromatic carbocycles. The lowest BCUT2D eigenvalue weighted by Crippen LogP contribution is -2.28. The van der Waals surface area contributed by atoms with Crippen LogP contribution in [0.5, 0.6) is 5.75 Å². The Bertz CT molecular complexity index is 1320. The number of amides is 2. The zero-order valence-corrected chi connectivity index (χ0v) is 18.1. The first-order chi connectivity index (χ1) is 15.5. The van der Waals surface area contributed by atoms with Crippen molar-refractivity contribution in [3.63, 3.8) is 0 Å². The summed E-state index contributed by atoms with van der Waals surface area (Å²) in [5.74, 6) is -0.0637. The van der Waals surface area contributed by atoms with Crippen LogP contribution < -0.4 is 10.1 Å². The molecule has 1 unspecified atom stereocenters. The highest BCUT2D eigenvalue weighted by atomic mass is 16.5. The van der Waals surface area contributed by atoms with Crippen LogP contribution in [-0.4, -0.2) is 30.4 Å². The van der Waals surface area contributed by atoms with Gasteiger partial charge in [-0.25, -0.2) is 0 Å². The molecule has 1 atom stereocenters. The number of hydrogen-bond acceptors (Lipinski definition) is 4.